The number of carboxylic acids is 1. The van der Waals surface area contributed by atoms with Crippen molar-refractivity contribution in [3.05, 3.63) is 29.3 Å². The molecule has 3 rings (SSSR count). The SMILES string of the molecule is CS(=O)(=O)N1CCc2cc(C(=O)NCC3(C(=O)O)CCOCC3)ccc21. The van der Waals surface area contributed by atoms with Gasteiger partial charge in [0, 0.05) is 31.9 Å². The number of hydrogen-bond donors (Lipinski definition) is 2. The monoisotopic (exact) mass is 382 g/mol. The topological polar surface area (TPSA) is 113 Å². The van der Waals surface area contributed by atoms with Gasteiger partial charge in [-0.2, -0.15) is 0 Å². The van der Waals surface area contributed by atoms with E-state index in [-0.39, 0.29) is 12.5 Å². The molecular formula is C17H22N2O6S. The van der Waals surface area contributed by atoms with Gasteiger partial charge in [0.15, 0.2) is 0 Å². The normalized spacial score (nSPS) is 19.0. The van der Waals surface area contributed by atoms with Crippen LogP contribution in [0.5, 0.6) is 0 Å². The van der Waals surface area contributed by atoms with Gasteiger partial charge in [-0.25, -0.2) is 8.42 Å². The number of nitrogens with one attached hydrogen (secondary N) is 1. The maximum Gasteiger partial charge on any atom is 0.311 e. The van der Waals surface area contributed by atoms with Crippen LogP contribution in [-0.2, 0) is 26.0 Å². The number of hydrogen-bond acceptors (Lipinski definition) is 5. The largest absolute Gasteiger partial charge is 0.481 e. The number of carboxylic acid groups (broad SMARTS) is 1. The van der Waals surface area contributed by atoms with Crippen molar-refractivity contribution in [1.82, 2.24) is 5.32 Å². The molecule has 0 atom stereocenters. The fourth-order valence-electron chi connectivity index (χ4n) is 3.44. The standard InChI is InChI=1S/C17H22N2O6S/c1-26(23,24)19-7-4-12-10-13(2-3-14(12)19)15(20)18-11-17(16(21)22)5-8-25-9-6-17/h2-3,10H,4-9,11H2,1H3,(H,18,20)(H,21,22). The van der Waals surface area contributed by atoms with Gasteiger partial charge >= 0.3 is 5.97 Å². The molecule has 2 aliphatic heterocycles. The smallest absolute Gasteiger partial charge is 0.311 e. The van der Waals surface area contributed by atoms with Crippen LogP contribution in [0.3, 0.4) is 0 Å². The molecule has 9 heteroatoms. The van der Waals surface area contributed by atoms with Gasteiger partial charge in [-0.15, -0.1) is 0 Å². The maximum absolute atomic E-state index is 12.5. The Morgan fingerprint density at radius 2 is 2.00 bits per heavy atom. The van der Waals surface area contributed by atoms with Crippen molar-refractivity contribution in [3.63, 3.8) is 0 Å². The number of aliphatic carboxylic acids is 1. The number of carbonyl (C=O) groups is 2. The van der Waals surface area contributed by atoms with Crippen LogP contribution < -0.4 is 9.62 Å². The third-order valence-electron chi connectivity index (χ3n) is 5.09. The second-order valence-electron chi connectivity index (χ2n) is 6.81. The molecule has 0 bridgehead atoms. The zero-order valence-corrected chi connectivity index (χ0v) is 15.3. The summed E-state index contributed by atoms with van der Waals surface area (Å²) >= 11 is 0. The summed E-state index contributed by atoms with van der Waals surface area (Å²) in [5.41, 5.74) is 0.779. The molecule has 1 saturated heterocycles. The predicted octanol–water partition coefficient (Wildman–Crippen LogP) is 0.620. The highest BCUT2D eigenvalue weighted by molar-refractivity contribution is 7.92. The van der Waals surface area contributed by atoms with Gasteiger partial charge in [0.2, 0.25) is 10.0 Å². The Labute approximate surface area is 152 Å². The fourth-order valence-corrected chi connectivity index (χ4v) is 4.40. The van der Waals surface area contributed by atoms with Crippen LogP contribution in [0.4, 0.5) is 5.69 Å². The molecule has 8 nitrogen and oxygen atoms in total. The molecule has 2 N–H and O–H groups in total. The maximum atomic E-state index is 12.5. The van der Waals surface area contributed by atoms with E-state index < -0.39 is 21.4 Å². The number of carbonyl (C=O) groups excluding carboxylic acids is 1. The van der Waals surface area contributed by atoms with E-state index in [1.807, 2.05) is 0 Å². The molecule has 2 heterocycles. The summed E-state index contributed by atoms with van der Waals surface area (Å²) in [6.45, 7) is 1.13. The van der Waals surface area contributed by atoms with E-state index in [4.69, 9.17) is 4.74 Å². The lowest BCUT2D eigenvalue weighted by molar-refractivity contribution is -0.154. The van der Waals surface area contributed by atoms with E-state index in [1.165, 1.54) is 4.31 Å². The second-order valence-corrected chi connectivity index (χ2v) is 8.72. The predicted molar refractivity (Wildman–Crippen MR) is 94.8 cm³/mol. The van der Waals surface area contributed by atoms with E-state index >= 15 is 0 Å². The average molecular weight is 382 g/mol. The number of rotatable bonds is 5. The number of ether oxygens (including phenoxy) is 1. The summed E-state index contributed by atoms with van der Waals surface area (Å²) in [6.07, 6.45) is 2.41. The van der Waals surface area contributed by atoms with Gasteiger partial charge < -0.3 is 15.2 Å². The van der Waals surface area contributed by atoms with Crippen LogP contribution in [-0.4, -0.2) is 58.0 Å². The number of fused-ring (bicyclic) bond motifs is 1. The first-order valence-electron chi connectivity index (χ1n) is 8.43. The molecule has 1 aromatic rings. The van der Waals surface area contributed by atoms with E-state index in [0.29, 0.717) is 50.3 Å². The minimum atomic E-state index is -3.34. The molecule has 0 aromatic heterocycles. The van der Waals surface area contributed by atoms with Gasteiger partial charge in [-0.05, 0) is 43.0 Å². The van der Waals surface area contributed by atoms with Crippen LogP contribution in [0.25, 0.3) is 0 Å². The van der Waals surface area contributed by atoms with Crippen molar-refractivity contribution in [2.24, 2.45) is 5.41 Å². The average Bonchev–Trinajstić information content (AvgIpc) is 3.03. The van der Waals surface area contributed by atoms with Crippen molar-refractivity contribution < 1.29 is 27.9 Å². The molecule has 142 valence electrons. The molecule has 26 heavy (non-hydrogen) atoms. The highest BCUT2D eigenvalue weighted by atomic mass is 32.2. The van der Waals surface area contributed by atoms with Gasteiger partial charge in [-0.3, -0.25) is 13.9 Å². The zero-order chi connectivity index (χ0) is 18.9. The molecule has 2 aliphatic rings. The van der Waals surface area contributed by atoms with Crippen LogP contribution in [0.1, 0.15) is 28.8 Å². The molecule has 0 radical (unpaired) electrons. The summed E-state index contributed by atoms with van der Waals surface area (Å²) in [4.78, 5) is 24.1. The summed E-state index contributed by atoms with van der Waals surface area (Å²) in [6, 6.07) is 4.86. The molecule has 1 aromatic carbocycles. The van der Waals surface area contributed by atoms with Crippen LogP contribution >= 0.6 is 0 Å². The lowest BCUT2D eigenvalue weighted by Crippen LogP contribution is -2.46. The van der Waals surface area contributed by atoms with E-state index in [1.54, 1.807) is 18.2 Å². The molecule has 0 unspecified atom stereocenters. The molecule has 0 spiro atoms. The minimum Gasteiger partial charge on any atom is -0.481 e. The van der Waals surface area contributed by atoms with E-state index in [2.05, 4.69) is 5.32 Å². The summed E-state index contributed by atoms with van der Waals surface area (Å²) in [5.74, 6) is -1.29. The first-order chi connectivity index (χ1) is 12.2. The minimum absolute atomic E-state index is 0.0388. The second kappa shape index (κ2) is 6.88. The first-order valence-corrected chi connectivity index (χ1v) is 10.3. The summed E-state index contributed by atoms with van der Waals surface area (Å²) < 4.78 is 30.1. The quantitative estimate of drug-likeness (QED) is 0.772. The Kier molecular flexibility index (Phi) is 4.94. The van der Waals surface area contributed by atoms with Gasteiger partial charge in [0.1, 0.15) is 0 Å². The Hall–Kier alpha value is -2.13. The lowest BCUT2D eigenvalue weighted by atomic mass is 9.80. The molecule has 0 saturated carbocycles. The molecule has 1 fully saturated rings. The van der Waals surface area contributed by atoms with Crippen molar-refractivity contribution in [2.75, 3.05) is 36.9 Å². The van der Waals surface area contributed by atoms with Crippen molar-refractivity contribution in [3.8, 4) is 0 Å². The number of nitrogens with zero attached hydrogens (tertiary/aromatic N) is 1. The van der Waals surface area contributed by atoms with Crippen molar-refractivity contribution in [1.29, 1.82) is 0 Å². The Balaban J connectivity index is 1.72. The Bertz CT molecular complexity index is 830. The third kappa shape index (κ3) is 3.54. The number of anilines is 1. The molecule has 1 amide bonds. The van der Waals surface area contributed by atoms with Crippen LogP contribution in [0.15, 0.2) is 18.2 Å². The molecule has 0 aliphatic carbocycles. The number of amides is 1. The number of benzene rings is 1. The zero-order valence-electron chi connectivity index (χ0n) is 14.5. The van der Waals surface area contributed by atoms with Crippen molar-refractivity contribution >= 4 is 27.6 Å². The summed E-state index contributed by atoms with van der Waals surface area (Å²) in [7, 11) is -3.34. The van der Waals surface area contributed by atoms with Gasteiger partial charge in [0.05, 0.1) is 17.4 Å². The van der Waals surface area contributed by atoms with Gasteiger partial charge in [-0.1, -0.05) is 0 Å². The van der Waals surface area contributed by atoms with Crippen LogP contribution in [0.2, 0.25) is 0 Å². The van der Waals surface area contributed by atoms with Crippen molar-refractivity contribution in [2.45, 2.75) is 19.3 Å². The van der Waals surface area contributed by atoms with Crippen LogP contribution in [0, 0.1) is 5.41 Å². The van der Waals surface area contributed by atoms with E-state index in [0.717, 1.165) is 11.8 Å². The highest BCUT2D eigenvalue weighted by Gasteiger charge is 2.40. The van der Waals surface area contributed by atoms with E-state index in [9.17, 15) is 23.1 Å². The summed E-state index contributed by atoms with van der Waals surface area (Å²) in [5, 5.41) is 12.3. The highest BCUT2D eigenvalue weighted by Crippen LogP contribution is 2.32. The van der Waals surface area contributed by atoms with Gasteiger partial charge in [0.25, 0.3) is 5.91 Å². The first kappa shape index (κ1) is 18.7. The number of sulfonamides is 1. The Morgan fingerprint density at radius 1 is 1.31 bits per heavy atom. The lowest BCUT2D eigenvalue weighted by Gasteiger charge is -2.33. The third-order valence-corrected chi connectivity index (χ3v) is 6.27. The molecular weight excluding hydrogens is 360 g/mol. The Morgan fingerprint density at radius 3 is 2.62 bits per heavy atom. The fraction of sp³-hybridized carbons (Fsp3) is 0.529.